The van der Waals surface area contributed by atoms with E-state index in [0.717, 1.165) is 23.6 Å². The predicted octanol–water partition coefficient (Wildman–Crippen LogP) is 2.75. The van der Waals surface area contributed by atoms with Gasteiger partial charge in [-0.3, -0.25) is 10.2 Å². The average molecular weight is 319 g/mol. The molecule has 0 aliphatic carbocycles. The Morgan fingerprint density at radius 3 is 2.35 bits per heavy atom. The number of rotatable bonds is 5. The number of carbonyl (C=O) groups excluding carboxylic acids is 1. The number of benzene rings is 1. The number of furan rings is 1. The second kappa shape index (κ2) is 14.4. The molecular formula is C17H25N3O3. The molecule has 1 aromatic heterocycles. The van der Waals surface area contributed by atoms with E-state index < -0.39 is 0 Å². The average Bonchev–Trinajstić information content (AvgIpc) is 3.14. The van der Waals surface area contributed by atoms with Gasteiger partial charge in [0, 0.05) is 26.5 Å². The van der Waals surface area contributed by atoms with Crippen molar-refractivity contribution in [2.45, 2.75) is 6.92 Å². The summed E-state index contributed by atoms with van der Waals surface area (Å²) in [7, 11) is 3.60. The lowest BCUT2D eigenvalue weighted by Crippen LogP contribution is -2.18. The van der Waals surface area contributed by atoms with Gasteiger partial charge in [0.25, 0.3) is 0 Å². The monoisotopic (exact) mass is 319 g/mol. The second-order valence-electron chi connectivity index (χ2n) is 4.05. The highest BCUT2D eigenvalue weighted by molar-refractivity contribution is 5.75. The van der Waals surface area contributed by atoms with Crippen molar-refractivity contribution in [1.29, 1.82) is 0 Å². The fourth-order valence-electron chi connectivity index (χ4n) is 1.43. The Balaban J connectivity index is 0.000000509. The van der Waals surface area contributed by atoms with Gasteiger partial charge in [-0.2, -0.15) is 0 Å². The minimum atomic E-state index is 0.403. The van der Waals surface area contributed by atoms with Crippen LogP contribution < -0.4 is 16.6 Å². The van der Waals surface area contributed by atoms with Crippen LogP contribution in [0.1, 0.15) is 18.2 Å². The lowest BCUT2D eigenvalue weighted by molar-refractivity contribution is -0.109. The zero-order chi connectivity index (χ0) is 17.3. The minimum absolute atomic E-state index is 0.403. The van der Waals surface area contributed by atoms with Crippen LogP contribution in [-0.2, 0) is 9.53 Å². The van der Waals surface area contributed by atoms with E-state index in [1.54, 1.807) is 18.8 Å². The van der Waals surface area contributed by atoms with E-state index in [-0.39, 0.29) is 0 Å². The number of hydrogen-bond donors (Lipinski definition) is 3. The molecule has 0 radical (unpaired) electrons. The molecular weight excluding hydrogens is 294 g/mol. The molecule has 0 atom stereocenters. The third-order valence-corrected chi connectivity index (χ3v) is 2.56. The van der Waals surface area contributed by atoms with Crippen LogP contribution in [0.15, 0.2) is 47.1 Å². The molecule has 0 spiro atoms. The zero-order valence-corrected chi connectivity index (χ0v) is 13.8. The molecule has 6 heteroatoms. The standard InChI is InChI=1S/C13H13NO.C3H8O.CH4N2O/c1-14-13-7-3-2-5-11(13)8-9-12-6-4-10-15-12;1-3-4-2;2-3-1-4/h2-10,14H,1H3;3H2,1-2H3;1H,2H2,(H,3,4)/b9-8+;;. The van der Waals surface area contributed by atoms with Gasteiger partial charge in [-0.15, -0.1) is 0 Å². The number of ether oxygens (including phenoxy) is 1. The molecule has 1 amide bonds. The first-order chi connectivity index (χ1) is 11.2. The summed E-state index contributed by atoms with van der Waals surface area (Å²) >= 11 is 0. The Morgan fingerprint density at radius 2 is 1.87 bits per heavy atom. The zero-order valence-electron chi connectivity index (χ0n) is 13.8. The summed E-state index contributed by atoms with van der Waals surface area (Å²) in [6, 6.07) is 11.9. The van der Waals surface area contributed by atoms with Crippen molar-refractivity contribution in [3.63, 3.8) is 0 Å². The van der Waals surface area contributed by atoms with Crippen LogP contribution in [0.4, 0.5) is 5.69 Å². The van der Waals surface area contributed by atoms with Crippen LogP contribution in [-0.4, -0.2) is 27.2 Å². The van der Waals surface area contributed by atoms with Gasteiger partial charge < -0.3 is 14.5 Å². The minimum Gasteiger partial charge on any atom is -0.465 e. The van der Waals surface area contributed by atoms with E-state index >= 15 is 0 Å². The maximum atomic E-state index is 8.94. The van der Waals surface area contributed by atoms with E-state index in [4.69, 9.17) is 9.21 Å². The number of nitrogens with one attached hydrogen (secondary N) is 2. The molecule has 1 aromatic carbocycles. The van der Waals surface area contributed by atoms with Gasteiger partial charge in [-0.25, -0.2) is 5.84 Å². The fraction of sp³-hybridized carbons (Fsp3) is 0.235. The van der Waals surface area contributed by atoms with Gasteiger partial charge in [0.05, 0.1) is 6.26 Å². The van der Waals surface area contributed by atoms with Crippen LogP contribution in [0, 0.1) is 0 Å². The first-order valence-corrected chi connectivity index (χ1v) is 7.10. The second-order valence-corrected chi connectivity index (χ2v) is 4.05. The molecule has 0 unspecified atom stereocenters. The number of para-hydroxylation sites is 1. The van der Waals surface area contributed by atoms with Crippen LogP contribution in [0.3, 0.4) is 0 Å². The van der Waals surface area contributed by atoms with Crippen molar-refractivity contribution in [3.05, 3.63) is 54.0 Å². The van der Waals surface area contributed by atoms with Crippen molar-refractivity contribution >= 4 is 24.2 Å². The molecule has 23 heavy (non-hydrogen) atoms. The molecule has 2 aromatic rings. The summed E-state index contributed by atoms with van der Waals surface area (Å²) in [5.41, 5.74) is 4.01. The third kappa shape index (κ3) is 9.89. The van der Waals surface area contributed by atoms with Gasteiger partial charge >= 0.3 is 0 Å². The summed E-state index contributed by atoms with van der Waals surface area (Å²) in [6.45, 7) is 2.78. The van der Waals surface area contributed by atoms with E-state index in [0.29, 0.717) is 6.41 Å². The summed E-state index contributed by atoms with van der Waals surface area (Å²) < 4.78 is 9.76. The molecule has 126 valence electrons. The Bertz CT molecular complexity index is 538. The third-order valence-electron chi connectivity index (χ3n) is 2.56. The van der Waals surface area contributed by atoms with E-state index in [1.165, 1.54) is 0 Å². The molecule has 0 saturated heterocycles. The van der Waals surface area contributed by atoms with Gasteiger partial charge in [-0.1, -0.05) is 18.2 Å². The lowest BCUT2D eigenvalue weighted by Gasteiger charge is -2.03. The number of carbonyl (C=O) groups is 1. The molecule has 0 aliphatic rings. The van der Waals surface area contributed by atoms with Crippen LogP contribution in [0.25, 0.3) is 12.2 Å². The maximum Gasteiger partial charge on any atom is 0.221 e. The van der Waals surface area contributed by atoms with Crippen molar-refractivity contribution in [3.8, 4) is 0 Å². The fourth-order valence-corrected chi connectivity index (χ4v) is 1.43. The quantitative estimate of drug-likeness (QED) is 0.341. The Morgan fingerprint density at radius 1 is 1.22 bits per heavy atom. The predicted molar refractivity (Wildman–Crippen MR) is 94.6 cm³/mol. The molecule has 4 N–H and O–H groups in total. The Labute approximate surface area is 137 Å². The Kier molecular flexibility index (Phi) is 12.8. The van der Waals surface area contributed by atoms with Crippen molar-refractivity contribution < 1.29 is 13.9 Å². The highest BCUT2D eigenvalue weighted by Crippen LogP contribution is 2.17. The largest absolute Gasteiger partial charge is 0.465 e. The van der Waals surface area contributed by atoms with Crippen LogP contribution >= 0.6 is 0 Å². The number of anilines is 1. The maximum absolute atomic E-state index is 8.94. The number of nitrogens with two attached hydrogens (primary N) is 1. The summed E-state index contributed by atoms with van der Waals surface area (Å²) in [6.07, 6.45) is 6.06. The molecule has 1 heterocycles. The molecule has 0 aliphatic heterocycles. The summed E-state index contributed by atoms with van der Waals surface area (Å²) in [4.78, 5) is 8.94. The van der Waals surface area contributed by atoms with E-state index in [1.807, 2.05) is 56.5 Å². The van der Waals surface area contributed by atoms with Gasteiger partial charge in [-0.05, 0) is 42.8 Å². The van der Waals surface area contributed by atoms with Gasteiger partial charge in [0.15, 0.2) is 0 Å². The topological polar surface area (TPSA) is 89.5 Å². The highest BCUT2D eigenvalue weighted by atomic mass is 16.5. The number of methoxy groups -OCH3 is 1. The van der Waals surface area contributed by atoms with E-state index in [9.17, 15) is 0 Å². The van der Waals surface area contributed by atoms with Crippen LogP contribution in [0.2, 0.25) is 0 Å². The van der Waals surface area contributed by atoms with E-state index in [2.05, 4.69) is 22.0 Å². The highest BCUT2D eigenvalue weighted by Gasteiger charge is 1.95. The van der Waals surface area contributed by atoms with Crippen molar-refractivity contribution in [1.82, 2.24) is 5.43 Å². The number of hydrogen-bond acceptors (Lipinski definition) is 5. The number of hydrazine groups is 1. The normalized spacial score (nSPS) is 9.22. The van der Waals surface area contributed by atoms with Crippen LogP contribution in [0.5, 0.6) is 0 Å². The molecule has 2 rings (SSSR count). The van der Waals surface area contributed by atoms with Crippen molar-refractivity contribution in [2.24, 2.45) is 5.84 Å². The Hall–Kier alpha value is -2.57. The molecule has 0 fully saturated rings. The summed E-state index contributed by atoms with van der Waals surface area (Å²) in [5, 5.41) is 3.14. The van der Waals surface area contributed by atoms with Gasteiger partial charge in [0.2, 0.25) is 6.41 Å². The van der Waals surface area contributed by atoms with Crippen molar-refractivity contribution in [2.75, 3.05) is 26.1 Å². The smallest absolute Gasteiger partial charge is 0.221 e. The summed E-state index contributed by atoms with van der Waals surface area (Å²) in [5.74, 6) is 5.27. The SMILES string of the molecule is CCOC.CNc1ccccc1/C=C/c1ccco1.NNC=O. The first-order valence-electron chi connectivity index (χ1n) is 7.10. The lowest BCUT2D eigenvalue weighted by atomic mass is 10.1. The number of amides is 1. The molecule has 0 bridgehead atoms. The first kappa shape index (κ1) is 20.4. The molecule has 0 saturated carbocycles. The molecule has 6 nitrogen and oxygen atoms in total. The van der Waals surface area contributed by atoms with Gasteiger partial charge in [0.1, 0.15) is 5.76 Å².